The summed E-state index contributed by atoms with van der Waals surface area (Å²) in [5.74, 6) is -0.866. The largest absolute Gasteiger partial charge is 0.481 e. The first-order chi connectivity index (χ1) is 10.5. The van der Waals surface area contributed by atoms with Crippen molar-refractivity contribution in [2.24, 2.45) is 7.05 Å². The number of rotatable bonds is 7. The molecule has 0 bridgehead atoms. The summed E-state index contributed by atoms with van der Waals surface area (Å²) >= 11 is 0. The van der Waals surface area contributed by atoms with E-state index in [0.717, 1.165) is 16.8 Å². The first-order valence-electron chi connectivity index (χ1n) is 7.11. The molecule has 2 rings (SSSR count). The molecule has 1 heterocycles. The number of carbonyl (C=O) groups is 2. The van der Waals surface area contributed by atoms with Gasteiger partial charge >= 0.3 is 5.97 Å². The SMILES string of the molecule is Cn1cc(CCC(=O)Nc2ccc(CCC(=O)O)cc2)cn1. The Morgan fingerprint density at radius 3 is 2.41 bits per heavy atom. The smallest absolute Gasteiger partial charge is 0.303 e. The number of carbonyl (C=O) groups excluding carboxylic acids is 1. The summed E-state index contributed by atoms with van der Waals surface area (Å²) in [5, 5.41) is 15.5. The van der Waals surface area contributed by atoms with Crippen LogP contribution in [-0.4, -0.2) is 26.8 Å². The zero-order valence-corrected chi connectivity index (χ0v) is 12.5. The molecule has 0 spiro atoms. The molecule has 0 aliphatic heterocycles. The van der Waals surface area contributed by atoms with Gasteiger partial charge in [-0.15, -0.1) is 0 Å². The van der Waals surface area contributed by atoms with Crippen LogP contribution in [0, 0.1) is 0 Å². The molecule has 0 radical (unpaired) electrons. The van der Waals surface area contributed by atoms with Crippen molar-refractivity contribution in [1.82, 2.24) is 9.78 Å². The molecule has 2 N–H and O–H groups in total. The van der Waals surface area contributed by atoms with Gasteiger partial charge in [0.15, 0.2) is 0 Å². The van der Waals surface area contributed by atoms with Gasteiger partial charge in [-0.1, -0.05) is 12.1 Å². The van der Waals surface area contributed by atoms with E-state index in [0.29, 0.717) is 19.3 Å². The molecule has 0 aliphatic rings. The normalized spacial score (nSPS) is 10.4. The van der Waals surface area contributed by atoms with Crippen LogP contribution in [0.25, 0.3) is 0 Å². The van der Waals surface area contributed by atoms with Crippen molar-refractivity contribution in [3.05, 3.63) is 47.8 Å². The van der Waals surface area contributed by atoms with E-state index in [1.807, 2.05) is 25.4 Å². The van der Waals surface area contributed by atoms with E-state index >= 15 is 0 Å². The van der Waals surface area contributed by atoms with Crippen molar-refractivity contribution < 1.29 is 14.7 Å². The number of anilines is 1. The molecular formula is C16H19N3O3. The Morgan fingerprint density at radius 2 is 1.82 bits per heavy atom. The fourth-order valence-corrected chi connectivity index (χ4v) is 2.09. The average molecular weight is 301 g/mol. The van der Waals surface area contributed by atoms with Gasteiger partial charge in [0.2, 0.25) is 5.91 Å². The summed E-state index contributed by atoms with van der Waals surface area (Å²) < 4.78 is 1.71. The standard InChI is InChI=1S/C16H19N3O3/c1-19-11-13(10-17-19)4-8-15(20)18-14-6-2-12(3-7-14)5-9-16(21)22/h2-3,6-7,10-11H,4-5,8-9H2,1H3,(H,18,20)(H,21,22). The highest BCUT2D eigenvalue weighted by molar-refractivity contribution is 5.90. The van der Waals surface area contributed by atoms with Gasteiger partial charge in [0, 0.05) is 31.8 Å². The Kier molecular flexibility index (Phi) is 5.30. The van der Waals surface area contributed by atoms with Crippen molar-refractivity contribution in [3.8, 4) is 0 Å². The maximum absolute atomic E-state index is 11.9. The summed E-state index contributed by atoms with van der Waals surface area (Å²) in [4.78, 5) is 22.4. The highest BCUT2D eigenvalue weighted by Crippen LogP contribution is 2.12. The summed E-state index contributed by atoms with van der Waals surface area (Å²) in [6.07, 6.45) is 5.29. The molecule has 0 unspecified atom stereocenters. The minimum absolute atomic E-state index is 0.0536. The monoisotopic (exact) mass is 301 g/mol. The maximum atomic E-state index is 11.9. The van der Waals surface area contributed by atoms with E-state index in [4.69, 9.17) is 5.11 Å². The van der Waals surface area contributed by atoms with Crippen LogP contribution >= 0.6 is 0 Å². The molecule has 22 heavy (non-hydrogen) atoms. The quantitative estimate of drug-likeness (QED) is 0.819. The van der Waals surface area contributed by atoms with Gasteiger partial charge in [0.05, 0.1) is 6.20 Å². The third kappa shape index (κ3) is 5.05. The van der Waals surface area contributed by atoms with Crippen LogP contribution in [0.1, 0.15) is 24.0 Å². The van der Waals surface area contributed by atoms with E-state index in [1.54, 1.807) is 23.0 Å². The summed E-state index contributed by atoms with van der Waals surface area (Å²) in [6, 6.07) is 7.25. The summed E-state index contributed by atoms with van der Waals surface area (Å²) in [7, 11) is 1.84. The number of carboxylic acids is 1. The first-order valence-corrected chi connectivity index (χ1v) is 7.11. The van der Waals surface area contributed by atoms with Crippen molar-refractivity contribution in [1.29, 1.82) is 0 Å². The van der Waals surface area contributed by atoms with Gasteiger partial charge < -0.3 is 10.4 Å². The molecule has 0 atom stereocenters. The molecule has 0 aliphatic carbocycles. The van der Waals surface area contributed by atoms with Crippen LogP contribution in [0.15, 0.2) is 36.7 Å². The van der Waals surface area contributed by atoms with Gasteiger partial charge in [-0.2, -0.15) is 5.10 Å². The van der Waals surface area contributed by atoms with E-state index in [1.165, 1.54) is 0 Å². The second-order valence-electron chi connectivity index (χ2n) is 5.16. The number of carboxylic acid groups (broad SMARTS) is 1. The van der Waals surface area contributed by atoms with Crippen LogP contribution in [0.3, 0.4) is 0 Å². The Balaban J connectivity index is 1.79. The van der Waals surface area contributed by atoms with Gasteiger partial charge in [0.1, 0.15) is 0 Å². The highest BCUT2D eigenvalue weighted by atomic mass is 16.4. The summed E-state index contributed by atoms with van der Waals surface area (Å²) in [5.41, 5.74) is 2.69. The Labute approximate surface area is 128 Å². The van der Waals surface area contributed by atoms with Crippen molar-refractivity contribution in [2.45, 2.75) is 25.7 Å². The second-order valence-corrected chi connectivity index (χ2v) is 5.16. The Bertz CT molecular complexity index is 647. The minimum atomic E-state index is -0.812. The molecule has 6 heteroatoms. The van der Waals surface area contributed by atoms with Crippen LogP contribution < -0.4 is 5.32 Å². The number of hydrogen-bond acceptors (Lipinski definition) is 3. The molecule has 0 fully saturated rings. The number of benzene rings is 1. The van der Waals surface area contributed by atoms with E-state index in [9.17, 15) is 9.59 Å². The average Bonchev–Trinajstić information content (AvgIpc) is 2.90. The minimum Gasteiger partial charge on any atom is -0.481 e. The first kappa shape index (κ1) is 15.8. The van der Waals surface area contributed by atoms with E-state index in [-0.39, 0.29) is 12.3 Å². The second kappa shape index (κ2) is 7.40. The molecule has 0 saturated heterocycles. The number of nitrogens with one attached hydrogen (secondary N) is 1. The zero-order valence-electron chi connectivity index (χ0n) is 12.5. The van der Waals surface area contributed by atoms with Crippen molar-refractivity contribution in [3.63, 3.8) is 0 Å². The molecule has 0 saturated carbocycles. The number of amides is 1. The lowest BCUT2D eigenvalue weighted by atomic mass is 10.1. The lowest BCUT2D eigenvalue weighted by molar-refractivity contribution is -0.137. The molecule has 1 amide bonds. The fraction of sp³-hybridized carbons (Fsp3) is 0.312. The molecule has 1 aromatic heterocycles. The highest BCUT2D eigenvalue weighted by Gasteiger charge is 2.05. The lowest BCUT2D eigenvalue weighted by Crippen LogP contribution is -2.12. The maximum Gasteiger partial charge on any atom is 0.303 e. The van der Waals surface area contributed by atoms with Crippen LogP contribution in [0.4, 0.5) is 5.69 Å². The fourth-order valence-electron chi connectivity index (χ4n) is 2.09. The van der Waals surface area contributed by atoms with E-state index < -0.39 is 5.97 Å². The summed E-state index contributed by atoms with van der Waals surface area (Å²) in [6.45, 7) is 0. The number of aromatic nitrogens is 2. The molecule has 1 aromatic carbocycles. The number of aliphatic carboxylic acids is 1. The number of nitrogens with zero attached hydrogens (tertiary/aromatic N) is 2. The van der Waals surface area contributed by atoms with Crippen LogP contribution in [0.5, 0.6) is 0 Å². The van der Waals surface area contributed by atoms with Crippen molar-refractivity contribution in [2.75, 3.05) is 5.32 Å². The van der Waals surface area contributed by atoms with Crippen LogP contribution in [0.2, 0.25) is 0 Å². The predicted octanol–water partition coefficient (Wildman–Crippen LogP) is 2.01. The van der Waals surface area contributed by atoms with Gasteiger partial charge in [-0.3, -0.25) is 14.3 Å². The topological polar surface area (TPSA) is 84.2 Å². The number of aryl methyl sites for hydroxylation is 3. The third-order valence-corrected chi connectivity index (χ3v) is 3.26. The van der Waals surface area contributed by atoms with Gasteiger partial charge in [-0.25, -0.2) is 0 Å². The number of hydrogen-bond donors (Lipinski definition) is 2. The van der Waals surface area contributed by atoms with Crippen LogP contribution in [-0.2, 0) is 29.5 Å². The van der Waals surface area contributed by atoms with E-state index in [2.05, 4.69) is 10.4 Å². The third-order valence-electron chi connectivity index (χ3n) is 3.26. The molecule has 6 nitrogen and oxygen atoms in total. The molecular weight excluding hydrogens is 282 g/mol. The Hall–Kier alpha value is -2.63. The lowest BCUT2D eigenvalue weighted by Gasteiger charge is -2.06. The predicted molar refractivity (Wildman–Crippen MR) is 82.6 cm³/mol. The Morgan fingerprint density at radius 1 is 1.14 bits per heavy atom. The van der Waals surface area contributed by atoms with Crippen molar-refractivity contribution >= 4 is 17.6 Å². The molecule has 2 aromatic rings. The van der Waals surface area contributed by atoms with Gasteiger partial charge in [-0.05, 0) is 36.1 Å². The zero-order chi connectivity index (χ0) is 15.9. The molecule has 116 valence electrons. The van der Waals surface area contributed by atoms with Gasteiger partial charge in [0.25, 0.3) is 0 Å².